The third-order valence-electron chi connectivity index (χ3n) is 4.10. The molecule has 0 amide bonds. The van der Waals surface area contributed by atoms with Crippen LogP contribution in [-0.2, 0) is 6.18 Å². The highest BCUT2D eigenvalue weighted by Crippen LogP contribution is 2.32. The quantitative estimate of drug-likeness (QED) is 0.930. The molecule has 2 rings (SSSR count). The average Bonchev–Trinajstić information content (AvgIpc) is 2.41. The van der Waals surface area contributed by atoms with Gasteiger partial charge in [0, 0.05) is 38.3 Å². The summed E-state index contributed by atoms with van der Waals surface area (Å²) in [6, 6.07) is 5.62. The zero-order valence-electron chi connectivity index (χ0n) is 12.4. The van der Waals surface area contributed by atoms with Crippen molar-refractivity contribution in [1.82, 2.24) is 9.80 Å². The zero-order valence-corrected chi connectivity index (χ0v) is 12.4. The molecule has 1 heterocycles. The maximum atomic E-state index is 12.9. The Morgan fingerprint density at radius 3 is 2.62 bits per heavy atom. The van der Waals surface area contributed by atoms with E-state index in [1.54, 1.807) is 6.07 Å². The van der Waals surface area contributed by atoms with E-state index >= 15 is 0 Å². The second kappa shape index (κ2) is 6.34. The summed E-state index contributed by atoms with van der Waals surface area (Å²) in [5.41, 5.74) is 5.89. The van der Waals surface area contributed by atoms with Crippen LogP contribution in [0.2, 0.25) is 0 Å². The number of hydrogen-bond acceptors (Lipinski definition) is 3. The Balaban J connectivity index is 2.25. The van der Waals surface area contributed by atoms with Gasteiger partial charge in [-0.05, 0) is 31.7 Å². The first-order valence-corrected chi connectivity index (χ1v) is 7.14. The predicted octanol–water partition coefficient (Wildman–Crippen LogP) is 2.34. The van der Waals surface area contributed by atoms with Gasteiger partial charge in [-0.25, -0.2) is 0 Å². The van der Waals surface area contributed by atoms with Crippen molar-refractivity contribution in [2.24, 2.45) is 5.73 Å². The Morgan fingerprint density at radius 1 is 1.33 bits per heavy atom. The van der Waals surface area contributed by atoms with Crippen molar-refractivity contribution in [2.75, 3.05) is 33.2 Å². The molecule has 0 radical (unpaired) electrons. The molecule has 1 aromatic carbocycles. The number of halogens is 3. The molecule has 21 heavy (non-hydrogen) atoms. The Kier molecular flexibility index (Phi) is 4.91. The molecule has 6 heteroatoms. The van der Waals surface area contributed by atoms with E-state index in [0.29, 0.717) is 12.1 Å². The van der Waals surface area contributed by atoms with Crippen molar-refractivity contribution in [3.63, 3.8) is 0 Å². The standard InChI is InChI=1S/C15H22F3N3/c1-11-10-20(2)6-7-21(11)14(9-19)12-4-3-5-13(8-12)15(16,17)18/h3-5,8,11,14H,6-7,9-10,19H2,1-2H3. The summed E-state index contributed by atoms with van der Waals surface area (Å²) < 4.78 is 38.6. The summed E-state index contributed by atoms with van der Waals surface area (Å²) in [4.78, 5) is 4.43. The second-order valence-corrected chi connectivity index (χ2v) is 5.72. The lowest BCUT2D eigenvalue weighted by molar-refractivity contribution is -0.137. The van der Waals surface area contributed by atoms with E-state index in [1.807, 2.05) is 0 Å². The third-order valence-corrected chi connectivity index (χ3v) is 4.10. The summed E-state index contributed by atoms with van der Waals surface area (Å²) in [6.45, 7) is 5.02. The van der Waals surface area contributed by atoms with Crippen molar-refractivity contribution in [3.05, 3.63) is 35.4 Å². The predicted molar refractivity (Wildman–Crippen MR) is 76.9 cm³/mol. The van der Waals surface area contributed by atoms with Gasteiger partial charge in [-0.3, -0.25) is 4.90 Å². The van der Waals surface area contributed by atoms with Gasteiger partial charge in [-0.15, -0.1) is 0 Å². The highest BCUT2D eigenvalue weighted by Gasteiger charge is 2.33. The van der Waals surface area contributed by atoms with Crippen molar-refractivity contribution >= 4 is 0 Å². The number of benzene rings is 1. The van der Waals surface area contributed by atoms with E-state index < -0.39 is 11.7 Å². The molecule has 2 N–H and O–H groups in total. The van der Waals surface area contributed by atoms with Crippen molar-refractivity contribution < 1.29 is 13.2 Å². The van der Waals surface area contributed by atoms with Crippen LogP contribution in [-0.4, -0.2) is 49.1 Å². The fourth-order valence-corrected chi connectivity index (χ4v) is 3.00. The zero-order chi connectivity index (χ0) is 15.6. The lowest BCUT2D eigenvalue weighted by atomic mass is 9.99. The van der Waals surface area contributed by atoms with Gasteiger partial charge in [0.25, 0.3) is 0 Å². The van der Waals surface area contributed by atoms with Crippen molar-refractivity contribution in [1.29, 1.82) is 0 Å². The third kappa shape index (κ3) is 3.75. The number of alkyl halides is 3. The summed E-state index contributed by atoms with van der Waals surface area (Å²) in [7, 11) is 2.05. The summed E-state index contributed by atoms with van der Waals surface area (Å²) >= 11 is 0. The van der Waals surface area contributed by atoms with Gasteiger partial charge in [0.15, 0.2) is 0 Å². The van der Waals surface area contributed by atoms with Crippen LogP contribution in [0.1, 0.15) is 24.1 Å². The first-order valence-electron chi connectivity index (χ1n) is 7.14. The van der Waals surface area contributed by atoms with Gasteiger partial charge in [-0.1, -0.05) is 12.1 Å². The molecule has 0 bridgehead atoms. The minimum absolute atomic E-state index is 0.170. The molecule has 1 fully saturated rings. The Hall–Kier alpha value is -1.11. The second-order valence-electron chi connectivity index (χ2n) is 5.72. The number of hydrogen-bond donors (Lipinski definition) is 1. The minimum Gasteiger partial charge on any atom is -0.329 e. The molecular formula is C15H22F3N3. The van der Waals surface area contributed by atoms with Crippen molar-refractivity contribution in [2.45, 2.75) is 25.2 Å². The molecule has 1 saturated heterocycles. The minimum atomic E-state index is -4.32. The Labute approximate surface area is 123 Å². The maximum Gasteiger partial charge on any atom is 0.416 e. The number of piperazine rings is 1. The van der Waals surface area contributed by atoms with Crippen molar-refractivity contribution in [3.8, 4) is 0 Å². The van der Waals surface area contributed by atoms with E-state index in [-0.39, 0.29) is 12.1 Å². The van der Waals surface area contributed by atoms with Crippen LogP contribution >= 0.6 is 0 Å². The first kappa shape index (κ1) is 16.3. The van der Waals surface area contributed by atoms with Gasteiger partial charge in [0.1, 0.15) is 0 Å². The van der Waals surface area contributed by atoms with Crippen LogP contribution in [0.15, 0.2) is 24.3 Å². The molecule has 0 aliphatic carbocycles. The molecule has 1 aliphatic heterocycles. The Morgan fingerprint density at radius 2 is 2.05 bits per heavy atom. The largest absolute Gasteiger partial charge is 0.416 e. The summed E-state index contributed by atoms with van der Waals surface area (Å²) in [5, 5.41) is 0. The van der Waals surface area contributed by atoms with Crippen LogP contribution in [0, 0.1) is 0 Å². The molecule has 2 atom stereocenters. The summed E-state index contributed by atoms with van der Waals surface area (Å²) in [6.07, 6.45) is -4.32. The summed E-state index contributed by atoms with van der Waals surface area (Å²) in [5.74, 6) is 0. The van der Waals surface area contributed by atoms with Crippen LogP contribution in [0.4, 0.5) is 13.2 Å². The Bertz CT molecular complexity index is 475. The van der Waals surface area contributed by atoms with E-state index in [9.17, 15) is 13.2 Å². The van der Waals surface area contributed by atoms with Gasteiger partial charge in [-0.2, -0.15) is 13.2 Å². The fourth-order valence-electron chi connectivity index (χ4n) is 3.00. The van der Waals surface area contributed by atoms with E-state index in [1.165, 1.54) is 12.1 Å². The van der Waals surface area contributed by atoms with E-state index in [0.717, 1.165) is 25.7 Å². The normalized spacial score (nSPS) is 23.2. The van der Waals surface area contributed by atoms with Gasteiger partial charge < -0.3 is 10.6 Å². The number of likely N-dealkylation sites (N-methyl/N-ethyl adjacent to an activating group) is 1. The highest BCUT2D eigenvalue weighted by molar-refractivity contribution is 5.28. The molecule has 0 saturated carbocycles. The SMILES string of the molecule is CC1CN(C)CCN1C(CN)c1cccc(C(F)(F)F)c1. The molecule has 3 nitrogen and oxygen atoms in total. The van der Waals surface area contributed by atoms with Gasteiger partial charge in [0.05, 0.1) is 5.56 Å². The number of nitrogens with two attached hydrogens (primary N) is 1. The molecule has 1 aromatic rings. The highest BCUT2D eigenvalue weighted by atomic mass is 19.4. The van der Waals surface area contributed by atoms with Crippen LogP contribution in [0.3, 0.4) is 0 Å². The average molecular weight is 301 g/mol. The molecule has 2 unspecified atom stereocenters. The van der Waals surface area contributed by atoms with E-state index in [4.69, 9.17) is 5.73 Å². The van der Waals surface area contributed by atoms with E-state index in [2.05, 4.69) is 23.8 Å². The fraction of sp³-hybridized carbons (Fsp3) is 0.600. The van der Waals surface area contributed by atoms with Gasteiger partial charge >= 0.3 is 6.18 Å². The molecular weight excluding hydrogens is 279 g/mol. The lowest BCUT2D eigenvalue weighted by Crippen LogP contribution is -2.52. The molecule has 1 aliphatic rings. The molecule has 0 spiro atoms. The monoisotopic (exact) mass is 301 g/mol. The number of rotatable bonds is 3. The maximum absolute atomic E-state index is 12.9. The molecule has 0 aromatic heterocycles. The smallest absolute Gasteiger partial charge is 0.329 e. The molecule has 118 valence electrons. The topological polar surface area (TPSA) is 32.5 Å². The number of nitrogens with zero attached hydrogens (tertiary/aromatic N) is 2. The van der Waals surface area contributed by atoms with Crippen LogP contribution in [0.25, 0.3) is 0 Å². The first-order chi connectivity index (χ1) is 9.82. The lowest BCUT2D eigenvalue weighted by Gasteiger charge is -2.42. The van der Waals surface area contributed by atoms with Crippen LogP contribution in [0.5, 0.6) is 0 Å². The van der Waals surface area contributed by atoms with Crippen LogP contribution < -0.4 is 5.73 Å². The van der Waals surface area contributed by atoms with Gasteiger partial charge in [0.2, 0.25) is 0 Å².